The number of rotatable bonds is 3. The fraction of sp³-hybridized carbons (Fsp3) is 0.800. The molecule has 1 aromatic heterocycles. The lowest BCUT2D eigenvalue weighted by molar-refractivity contribution is 0.138. The Morgan fingerprint density at radius 3 is 3.00 bits per heavy atom. The Labute approximate surface area is 58.7 Å². The van der Waals surface area contributed by atoms with E-state index in [1.54, 1.807) is 0 Å². The SMILES string of the molecule is CCC(O)Cn1n[c]nn1. The van der Waals surface area contributed by atoms with E-state index in [4.69, 9.17) is 5.11 Å². The van der Waals surface area contributed by atoms with Crippen LogP contribution in [0.15, 0.2) is 0 Å². The van der Waals surface area contributed by atoms with Gasteiger partial charge in [0, 0.05) is 0 Å². The third kappa shape index (κ3) is 1.77. The molecule has 0 aliphatic rings. The number of tetrazole rings is 1. The predicted octanol–water partition coefficient (Wildman–Crippen LogP) is -0.756. The minimum atomic E-state index is -0.386. The highest BCUT2D eigenvalue weighted by molar-refractivity contribution is 4.48. The van der Waals surface area contributed by atoms with Crippen LogP contribution in [-0.2, 0) is 6.54 Å². The molecule has 1 rings (SSSR count). The van der Waals surface area contributed by atoms with Gasteiger partial charge in [-0.15, -0.1) is 10.2 Å². The molecule has 1 N–H and O–H groups in total. The van der Waals surface area contributed by atoms with Gasteiger partial charge in [-0.05, 0) is 11.6 Å². The normalized spacial score (nSPS) is 13.4. The minimum Gasteiger partial charge on any atom is -0.391 e. The molecule has 1 unspecified atom stereocenters. The first kappa shape index (κ1) is 7.14. The molecule has 1 atom stereocenters. The molecular formula is C5H9N4O. The second-order valence-corrected chi connectivity index (χ2v) is 2.01. The second kappa shape index (κ2) is 3.26. The Morgan fingerprint density at radius 2 is 2.50 bits per heavy atom. The van der Waals surface area contributed by atoms with E-state index in [0.29, 0.717) is 13.0 Å². The van der Waals surface area contributed by atoms with Crippen molar-refractivity contribution in [2.45, 2.75) is 26.0 Å². The van der Waals surface area contributed by atoms with Gasteiger partial charge in [0.15, 0.2) is 0 Å². The van der Waals surface area contributed by atoms with Crippen LogP contribution in [0, 0.1) is 6.33 Å². The monoisotopic (exact) mass is 141 g/mol. The first-order chi connectivity index (χ1) is 4.83. The summed E-state index contributed by atoms with van der Waals surface area (Å²) in [7, 11) is 0. The molecular weight excluding hydrogens is 132 g/mol. The maximum atomic E-state index is 9.09. The Balaban J connectivity index is 2.40. The molecule has 0 bridgehead atoms. The molecule has 1 radical (unpaired) electrons. The van der Waals surface area contributed by atoms with Crippen LogP contribution in [0.25, 0.3) is 0 Å². The maximum absolute atomic E-state index is 9.09. The largest absolute Gasteiger partial charge is 0.391 e. The molecule has 5 heteroatoms. The average Bonchev–Trinajstić information content (AvgIpc) is 2.40. The fourth-order valence-corrected chi connectivity index (χ4v) is 0.558. The Morgan fingerprint density at radius 1 is 1.70 bits per heavy atom. The van der Waals surface area contributed by atoms with Crippen molar-refractivity contribution in [2.24, 2.45) is 0 Å². The highest BCUT2D eigenvalue weighted by atomic mass is 16.3. The summed E-state index contributed by atoms with van der Waals surface area (Å²) in [6, 6.07) is 0. The van der Waals surface area contributed by atoms with Crippen molar-refractivity contribution in [2.75, 3.05) is 0 Å². The third-order valence-electron chi connectivity index (χ3n) is 1.20. The molecule has 1 aromatic rings. The Hall–Kier alpha value is -0.970. The lowest BCUT2D eigenvalue weighted by atomic mass is 10.3. The summed E-state index contributed by atoms with van der Waals surface area (Å²) in [5.41, 5.74) is 0. The first-order valence-corrected chi connectivity index (χ1v) is 3.15. The summed E-state index contributed by atoms with van der Waals surface area (Å²) in [6.07, 6.45) is 2.61. The maximum Gasteiger partial charge on any atom is 0.245 e. The van der Waals surface area contributed by atoms with Crippen LogP contribution in [0.4, 0.5) is 0 Å². The summed E-state index contributed by atoms with van der Waals surface area (Å²) in [5.74, 6) is 0. The fourth-order valence-electron chi connectivity index (χ4n) is 0.558. The number of aliphatic hydroxyl groups is 1. The van der Waals surface area contributed by atoms with Gasteiger partial charge in [-0.25, -0.2) is 0 Å². The van der Waals surface area contributed by atoms with Gasteiger partial charge < -0.3 is 5.11 Å². The van der Waals surface area contributed by atoms with Gasteiger partial charge in [0.1, 0.15) is 0 Å². The van der Waals surface area contributed by atoms with E-state index in [2.05, 4.69) is 21.7 Å². The molecule has 0 saturated heterocycles. The number of hydrogen-bond acceptors (Lipinski definition) is 4. The minimum absolute atomic E-state index is 0.386. The zero-order valence-electron chi connectivity index (χ0n) is 5.73. The summed E-state index contributed by atoms with van der Waals surface area (Å²) in [4.78, 5) is 1.31. The summed E-state index contributed by atoms with van der Waals surface area (Å²) < 4.78 is 0. The van der Waals surface area contributed by atoms with Crippen LogP contribution in [0.5, 0.6) is 0 Å². The van der Waals surface area contributed by atoms with Gasteiger partial charge in [-0.1, -0.05) is 6.92 Å². The van der Waals surface area contributed by atoms with E-state index in [1.165, 1.54) is 4.80 Å². The van der Waals surface area contributed by atoms with Crippen LogP contribution in [-0.4, -0.2) is 31.4 Å². The zero-order valence-corrected chi connectivity index (χ0v) is 5.73. The Kier molecular flexibility index (Phi) is 2.33. The smallest absolute Gasteiger partial charge is 0.245 e. The molecule has 0 amide bonds. The van der Waals surface area contributed by atoms with E-state index >= 15 is 0 Å². The molecule has 0 aromatic carbocycles. The van der Waals surface area contributed by atoms with Crippen molar-refractivity contribution in [3.8, 4) is 0 Å². The highest BCUT2D eigenvalue weighted by Crippen LogP contribution is 1.90. The standard InChI is InChI=1S/C5H9N4O/c1-2-5(10)3-9-7-4-6-8-9/h5,10H,2-3H2,1H3. The predicted molar refractivity (Wildman–Crippen MR) is 33.0 cm³/mol. The zero-order chi connectivity index (χ0) is 7.40. The van der Waals surface area contributed by atoms with Crippen LogP contribution < -0.4 is 0 Å². The Bertz CT molecular complexity index is 174. The van der Waals surface area contributed by atoms with Crippen LogP contribution in [0.3, 0.4) is 0 Å². The van der Waals surface area contributed by atoms with Crippen LogP contribution in [0.1, 0.15) is 13.3 Å². The number of aromatic nitrogens is 4. The van der Waals surface area contributed by atoms with E-state index in [0.717, 1.165) is 0 Å². The molecule has 0 fully saturated rings. The third-order valence-corrected chi connectivity index (χ3v) is 1.20. The van der Waals surface area contributed by atoms with E-state index in [9.17, 15) is 0 Å². The van der Waals surface area contributed by atoms with Gasteiger partial charge in [-0.2, -0.15) is 4.80 Å². The van der Waals surface area contributed by atoms with E-state index in [-0.39, 0.29) is 6.10 Å². The lowest BCUT2D eigenvalue weighted by Gasteiger charge is -2.03. The number of nitrogens with zero attached hydrogens (tertiary/aromatic N) is 4. The summed E-state index contributed by atoms with van der Waals surface area (Å²) in [6.45, 7) is 2.29. The summed E-state index contributed by atoms with van der Waals surface area (Å²) >= 11 is 0. The van der Waals surface area contributed by atoms with Crippen molar-refractivity contribution in [1.29, 1.82) is 0 Å². The molecule has 1 heterocycles. The highest BCUT2D eigenvalue weighted by Gasteiger charge is 2.02. The van der Waals surface area contributed by atoms with Crippen LogP contribution >= 0.6 is 0 Å². The molecule has 0 spiro atoms. The van der Waals surface area contributed by atoms with Crippen molar-refractivity contribution < 1.29 is 5.11 Å². The van der Waals surface area contributed by atoms with Gasteiger partial charge in [0.25, 0.3) is 0 Å². The molecule has 55 valence electrons. The first-order valence-electron chi connectivity index (χ1n) is 3.15. The average molecular weight is 141 g/mol. The van der Waals surface area contributed by atoms with E-state index < -0.39 is 0 Å². The number of aliphatic hydroxyl groups excluding tert-OH is 1. The molecule has 0 aliphatic heterocycles. The lowest BCUT2D eigenvalue weighted by Crippen LogP contribution is -2.16. The van der Waals surface area contributed by atoms with E-state index in [1.807, 2.05) is 6.92 Å². The molecule has 10 heavy (non-hydrogen) atoms. The molecule has 0 saturated carbocycles. The topological polar surface area (TPSA) is 63.8 Å². The van der Waals surface area contributed by atoms with Gasteiger partial charge >= 0.3 is 0 Å². The number of hydrogen-bond donors (Lipinski definition) is 1. The molecule has 5 nitrogen and oxygen atoms in total. The van der Waals surface area contributed by atoms with Crippen molar-refractivity contribution in [3.05, 3.63) is 6.33 Å². The van der Waals surface area contributed by atoms with Gasteiger partial charge in [-0.3, -0.25) is 0 Å². The summed E-state index contributed by atoms with van der Waals surface area (Å²) in [5, 5.41) is 19.6. The molecule has 0 aliphatic carbocycles. The quantitative estimate of drug-likeness (QED) is 0.601. The van der Waals surface area contributed by atoms with Crippen molar-refractivity contribution in [3.63, 3.8) is 0 Å². The van der Waals surface area contributed by atoms with Crippen molar-refractivity contribution >= 4 is 0 Å². The van der Waals surface area contributed by atoms with Crippen molar-refractivity contribution in [1.82, 2.24) is 20.2 Å². The van der Waals surface area contributed by atoms with Gasteiger partial charge in [0.2, 0.25) is 6.33 Å². The second-order valence-electron chi connectivity index (χ2n) is 2.01. The van der Waals surface area contributed by atoms with Crippen LogP contribution in [0.2, 0.25) is 0 Å². The van der Waals surface area contributed by atoms with Gasteiger partial charge in [0.05, 0.1) is 12.6 Å².